The van der Waals surface area contributed by atoms with E-state index in [9.17, 15) is 12.8 Å². The normalized spacial score (nSPS) is 17.8. The summed E-state index contributed by atoms with van der Waals surface area (Å²) in [6.07, 6.45) is 1.31. The Morgan fingerprint density at radius 2 is 1.94 bits per heavy atom. The predicted molar refractivity (Wildman–Crippen MR) is 69.4 cm³/mol. The molecule has 1 aliphatic rings. The van der Waals surface area contributed by atoms with Crippen LogP contribution in [0.4, 0.5) is 4.39 Å². The molecular weight excluding hydrogens is 324 g/mol. The lowest BCUT2D eigenvalue weighted by Crippen LogP contribution is -2.38. The molecule has 0 aliphatic heterocycles. The fraction of sp³-hybridized carbons (Fsp3) is 0.400. The standard InChI is InChI=1S/C10H9Cl3FNO2S/c11-5-10(3-4-10)15-18(16,17)7-2-1-6(12)9(14)8(7)13/h1-2,15H,3-5H2. The molecule has 3 nitrogen and oxygen atoms in total. The lowest BCUT2D eigenvalue weighted by molar-refractivity contribution is 0.557. The quantitative estimate of drug-likeness (QED) is 0.680. The molecule has 1 fully saturated rings. The molecule has 1 aliphatic carbocycles. The van der Waals surface area contributed by atoms with Gasteiger partial charge in [-0.3, -0.25) is 0 Å². The number of hydrogen-bond acceptors (Lipinski definition) is 2. The van der Waals surface area contributed by atoms with Crippen molar-refractivity contribution in [2.75, 3.05) is 5.88 Å². The molecule has 0 unspecified atom stereocenters. The van der Waals surface area contributed by atoms with Gasteiger partial charge in [0.1, 0.15) is 4.90 Å². The Kier molecular flexibility index (Phi) is 3.82. The number of hydrogen-bond donors (Lipinski definition) is 1. The number of nitrogens with one attached hydrogen (secondary N) is 1. The molecule has 0 bridgehead atoms. The number of alkyl halides is 1. The third-order valence-electron chi connectivity index (χ3n) is 2.75. The fourth-order valence-electron chi connectivity index (χ4n) is 1.47. The van der Waals surface area contributed by atoms with Crippen molar-refractivity contribution in [1.82, 2.24) is 4.72 Å². The Morgan fingerprint density at radius 3 is 2.44 bits per heavy atom. The van der Waals surface area contributed by atoms with E-state index in [4.69, 9.17) is 34.8 Å². The summed E-state index contributed by atoms with van der Waals surface area (Å²) in [5.41, 5.74) is -0.625. The van der Waals surface area contributed by atoms with Crippen LogP contribution in [0.3, 0.4) is 0 Å². The SMILES string of the molecule is O=S(=O)(NC1(CCl)CC1)c1ccc(Cl)c(F)c1Cl. The van der Waals surface area contributed by atoms with E-state index in [1.807, 2.05) is 0 Å². The van der Waals surface area contributed by atoms with E-state index in [-0.39, 0.29) is 15.8 Å². The molecule has 1 aromatic carbocycles. The van der Waals surface area contributed by atoms with Gasteiger partial charge in [-0.25, -0.2) is 17.5 Å². The molecule has 0 heterocycles. The van der Waals surface area contributed by atoms with Crippen molar-refractivity contribution in [1.29, 1.82) is 0 Å². The lowest BCUT2D eigenvalue weighted by Gasteiger charge is -2.15. The highest BCUT2D eigenvalue weighted by Gasteiger charge is 2.45. The third kappa shape index (κ3) is 2.60. The minimum absolute atomic E-state index is 0.167. The van der Waals surface area contributed by atoms with Gasteiger partial charge in [0.2, 0.25) is 10.0 Å². The molecule has 0 radical (unpaired) electrons. The van der Waals surface area contributed by atoms with Gasteiger partial charge in [-0.2, -0.15) is 0 Å². The van der Waals surface area contributed by atoms with Gasteiger partial charge >= 0.3 is 0 Å². The maximum atomic E-state index is 13.5. The van der Waals surface area contributed by atoms with Crippen LogP contribution < -0.4 is 4.72 Å². The van der Waals surface area contributed by atoms with Crippen LogP contribution in [0.25, 0.3) is 0 Å². The first-order valence-corrected chi connectivity index (χ1v) is 7.82. The van der Waals surface area contributed by atoms with Crippen LogP contribution in [-0.4, -0.2) is 19.8 Å². The minimum Gasteiger partial charge on any atom is -0.207 e. The Labute approximate surface area is 119 Å². The van der Waals surface area contributed by atoms with Crippen molar-refractivity contribution in [3.05, 3.63) is 28.0 Å². The average Bonchev–Trinajstić information content (AvgIpc) is 3.05. The Balaban J connectivity index is 2.39. The van der Waals surface area contributed by atoms with Crippen molar-refractivity contribution in [3.63, 3.8) is 0 Å². The van der Waals surface area contributed by atoms with Gasteiger partial charge in [0, 0.05) is 11.4 Å². The summed E-state index contributed by atoms with van der Waals surface area (Å²) in [6.45, 7) is 0. The second-order valence-corrected chi connectivity index (χ2v) is 6.90. The topological polar surface area (TPSA) is 46.2 Å². The van der Waals surface area contributed by atoms with Gasteiger partial charge in [0.15, 0.2) is 5.82 Å². The van der Waals surface area contributed by atoms with E-state index >= 15 is 0 Å². The van der Waals surface area contributed by atoms with E-state index in [0.29, 0.717) is 12.8 Å². The second-order valence-electron chi connectivity index (χ2n) is 4.19. The number of rotatable bonds is 4. The maximum Gasteiger partial charge on any atom is 0.242 e. The van der Waals surface area contributed by atoms with Gasteiger partial charge < -0.3 is 0 Å². The molecule has 1 saturated carbocycles. The molecule has 2 rings (SSSR count). The van der Waals surface area contributed by atoms with E-state index in [2.05, 4.69) is 4.72 Å². The second kappa shape index (κ2) is 4.80. The minimum atomic E-state index is -3.90. The summed E-state index contributed by atoms with van der Waals surface area (Å²) in [6, 6.07) is 2.32. The molecule has 18 heavy (non-hydrogen) atoms. The van der Waals surface area contributed by atoms with Gasteiger partial charge in [0.25, 0.3) is 0 Å². The zero-order valence-corrected chi connectivity index (χ0v) is 12.1. The monoisotopic (exact) mass is 331 g/mol. The molecule has 0 atom stereocenters. The fourth-order valence-corrected chi connectivity index (χ4v) is 4.09. The molecular formula is C10H9Cl3FNO2S. The van der Waals surface area contributed by atoms with Crippen LogP contribution in [0.2, 0.25) is 10.0 Å². The molecule has 1 aromatic rings. The molecule has 0 saturated heterocycles. The van der Waals surface area contributed by atoms with Gasteiger partial charge in [-0.1, -0.05) is 23.2 Å². The maximum absolute atomic E-state index is 13.5. The zero-order valence-electron chi connectivity index (χ0n) is 9.01. The molecule has 1 N–H and O–H groups in total. The van der Waals surface area contributed by atoms with Crippen LogP contribution in [0.15, 0.2) is 17.0 Å². The van der Waals surface area contributed by atoms with Crippen LogP contribution in [0.5, 0.6) is 0 Å². The first-order chi connectivity index (χ1) is 8.31. The highest BCUT2D eigenvalue weighted by molar-refractivity contribution is 7.89. The molecule has 0 amide bonds. The Hall–Kier alpha value is -0.0700. The summed E-state index contributed by atoms with van der Waals surface area (Å²) in [7, 11) is -3.90. The first kappa shape index (κ1) is 14.3. The largest absolute Gasteiger partial charge is 0.242 e. The van der Waals surface area contributed by atoms with Crippen molar-refractivity contribution < 1.29 is 12.8 Å². The number of benzene rings is 1. The summed E-state index contributed by atoms with van der Waals surface area (Å²) < 4.78 is 40.0. The van der Waals surface area contributed by atoms with E-state index in [1.165, 1.54) is 6.07 Å². The Morgan fingerprint density at radius 1 is 1.33 bits per heavy atom. The van der Waals surface area contributed by atoms with Crippen molar-refractivity contribution in [3.8, 4) is 0 Å². The van der Waals surface area contributed by atoms with Crippen molar-refractivity contribution >= 4 is 44.8 Å². The van der Waals surface area contributed by atoms with Crippen LogP contribution in [-0.2, 0) is 10.0 Å². The van der Waals surface area contributed by atoms with Gasteiger partial charge in [-0.05, 0) is 25.0 Å². The summed E-state index contributed by atoms with van der Waals surface area (Å²) in [5.74, 6) is -0.781. The predicted octanol–water partition coefficient (Wildman–Crippen LogP) is 3.18. The number of sulfonamides is 1. The first-order valence-electron chi connectivity index (χ1n) is 5.05. The lowest BCUT2D eigenvalue weighted by atomic mass is 10.3. The van der Waals surface area contributed by atoms with E-state index < -0.39 is 26.4 Å². The van der Waals surface area contributed by atoms with Crippen LogP contribution in [0, 0.1) is 5.82 Å². The Bertz CT molecular complexity index is 587. The third-order valence-corrected chi connectivity index (χ3v) is 5.66. The van der Waals surface area contributed by atoms with E-state index in [0.717, 1.165) is 6.07 Å². The highest BCUT2D eigenvalue weighted by atomic mass is 35.5. The molecule has 8 heteroatoms. The van der Waals surface area contributed by atoms with Crippen LogP contribution in [0.1, 0.15) is 12.8 Å². The smallest absolute Gasteiger partial charge is 0.207 e. The highest BCUT2D eigenvalue weighted by Crippen LogP contribution is 2.39. The number of halogens is 4. The van der Waals surface area contributed by atoms with Crippen molar-refractivity contribution in [2.24, 2.45) is 0 Å². The summed E-state index contributed by atoms with van der Waals surface area (Å²) >= 11 is 16.9. The molecule has 100 valence electrons. The summed E-state index contributed by atoms with van der Waals surface area (Å²) in [4.78, 5) is -0.331. The van der Waals surface area contributed by atoms with Crippen molar-refractivity contribution in [2.45, 2.75) is 23.3 Å². The van der Waals surface area contributed by atoms with Crippen LogP contribution >= 0.6 is 34.8 Å². The van der Waals surface area contributed by atoms with Gasteiger partial charge in [-0.15, -0.1) is 11.6 Å². The van der Waals surface area contributed by atoms with Gasteiger partial charge in [0.05, 0.1) is 10.0 Å². The summed E-state index contributed by atoms with van der Waals surface area (Å²) in [5, 5.41) is -0.738. The van der Waals surface area contributed by atoms with E-state index in [1.54, 1.807) is 0 Å². The zero-order chi connectivity index (χ0) is 13.6. The average molecular weight is 333 g/mol. The molecule has 0 aromatic heterocycles. The molecule has 0 spiro atoms.